The maximum absolute atomic E-state index is 12.7. The minimum atomic E-state index is 0.251. The number of piperidine rings is 1. The van der Waals surface area contributed by atoms with Gasteiger partial charge in [-0.25, -0.2) is 4.98 Å². The third kappa shape index (κ3) is 3.34. The lowest BCUT2D eigenvalue weighted by molar-refractivity contribution is -0.132. The number of fused-ring (bicyclic) bond motifs is 1. The van der Waals surface area contributed by atoms with Crippen LogP contribution in [-0.2, 0) is 11.2 Å². The molecule has 0 aliphatic carbocycles. The molecule has 1 saturated heterocycles. The molecule has 1 atom stereocenters. The predicted octanol–water partition coefficient (Wildman–Crippen LogP) is 3.38. The molecule has 1 fully saturated rings. The van der Waals surface area contributed by atoms with E-state index in [1.807, 2.05) is 48.6 Å². The molecule has 1 amide bonds. The van der Waals surface area contributed by atoms with Gasteiger partial charge >= 0.3 is 0 Å². The molecule has 0 N–H and O–H groups in total. The Bertz CT molecular complexity index is 903. The molecule has 1 aliphatic heterocycles. The average Bonchev–Trinajstić information content (AvgIpc) is 3.08. The highest BCUT2D eigenvalue weighted by atomic mass is 16.2. The van der Waals surface area contributed by atoms with E-state index in [0.29, 0.717) is 12.3 Å². The third-order valence-corrected chi connectivity index (χ3v) is 5.30. The molecule has 0 bridgehead atoms. The van der Waals surface area contributed by atoms with E-state index in [1.54, 1.807) is 0 Å². The first kappa shape index (κ1) is 16.8. The minimum absolute atomic E-state index is 0.251. The lowest BCUT2D eigenvalue weighted by Gasteiger charge is -2.33. The van der Waals surface area contributed by atoms with E-state index in [-0.39, 0.29) is 5.91 Å². The van der Waals surface area contributed by atoms with Crippen molar-refractivity contribution in [2.45, 2.75) is 38.5 Å². The Morgan fingerprint density at radius 3 is 2.88 bits per heavy atom. The number of aryl methyl sites for hydroxylation is 2. The van der Waals surface area contributed by atoms with Crippen LogP contribution in [0.15, 0.2) is 48.9 Å². The smallest absolute Gasteiger partial charge is 0.222 e. The molecule has 3 aromatic rings. The summed E-state index contributed by atoms with van der Waals surface area (Å²) in [5.41, 5.74) is 3.41. The van der Waals surface area contributed by atoms with Crippen LogP contribution in [0.3, 0.4) is 0 Å². The van der Waals surface area contributed by atoms with Gasteiger partial charge < -0.3 is 4.90 Å². The lowest BCUT2D eigenvalue weighted by Crippen LogP contribution is -2.39. The van der Waals surface area contributed by atoms with Crippen LogP contribution in [0.2, 0.25) is 0 Å². The molecular formula is C21H24N4O. The number of aromatic nitrogens is 3. The summed E-state index contributed by atoms with van der Waals surface area (Å²) in [5, 5.41) is 0. The van der Waals surface area contributed by atoms with E-state index in [9.17, 15) is 4.79 Å². The SMILES string of the molecule is Cc1ncc2cncc([C@H]3CCCN(C(=O)CCc4ccccc4)C3)n12. The molecule has 1 aromatic carbocycles. The quantitative estimate of drug-likeness (QED) is 0.726. The van der Waals surface area contributed by atoms with Gasteiger partial charge in [-0.15, -0.1) is 0 Å². The van der Waals surface area contributed by atoms with Crippen molar-refractivity contribution in [3.63, 3.8) is 0 Å². The summed E-state index contributed by atoms with van der Waals surface area (Å²) in [6.07, 6.45) is 9.13. The minimum Gasteiger partial charge on any atom is -0.342 e. The maximum atomic E-state index is 12.7. The van der Waals surface area contributed by atoms with Crippen LogP contribution >= 0.6 is 0 Å². The van der Waals surface area contributed by atoms with Gasteiger partial charge in [0.05, 0.1) is 17.9 Å². The number of likely N-dealkylation sites (tertiary alicyclic amines) is 1. The zero-order valence-corrected chi connectivity index (χ0v) is 15.1. The number of benzene rings is 1. The van der Waals surface area contributed by atoms with Crippen molar-refractivity contribution >= 4 is 11.4 Å². The van der Waals surface area contributed by atoms with Crippen LogP contribution in [0.1, 0.15) is 42.3 Å². The fraction of sp³-hybridized carbons (Fsp3) is 0.381. The van der Waals surface area contributed by atoms with E-state index >= 15 is 0 Å². The van der Waals surface area contributed by atoms with Crippen molar-refractivity contribution < 1.29 is 4.79 Å². The molecule has 134 valence electrons. The molecule has 0 radical (unpaired) electrons. The third-order valence-electron chi connectivity index (χ3n) is 5.30. The first-order chi connectivity index (χ1) is 12.7. The monoisotopic (exact) mass is 348 g/mol. The second kappa shape index (κ2) is 7.28. The van der Waals surface area contributed by atoms with Gasteiger partial charge in [0.2, 0.25) is 5.91 Å². The van der Waals surface area contributed by atoms with Crippen molar-refractivity contribution in [3.8, 4) is 0 Å². The first-order valence-corrected chi connectivity index (χ1v) is 9.32. The summed E-state index contributed by atoms with van der Waals surface area (Å²) in [4.78, 5) is 23.5. The van der Waals surface area contributed by atoms with Gasteiger partial charge in [0.1, 0.15) is 5.82 Å². The number of amides is 1. The topological polar surface area (TPSA) is 50.5 Å². The standard InChI is InChI=1S/C21H24N4O/c1-16-23-13-19-12-22-14-20(25(16)19)18-8-5-11-24(15-18)21(26)10-9-17-6-3-2-4-7-17/h2-4,6-7,12-14,18H,5,8-11,15H2,1H3/t18-/m0/s1. The number of carbonyl (C=O) groups is 1. The summed E-state index contributed by atoms with van der Waals surface area (Å²) in [6, 6.07) is 10.2. The maximum Gasteiger partial charge on any atom is 0.222 e. The molecule has 0 saturated carbocycles. The Labute approximate surface area is 153 Å². The summed E-state index contributed by atoms with van der Waals surface area (Å²) >= 11 is 0. The Morgan fingerprint density at radius 1 is 1.19 bits per heavy atom. The molecule has 3 heterocycles. The predicted molar refractivity (Wildman–Crippen MR) is 101 cm³/mol. The molecule has 5 nitrogen and oxygen atoms in total. The lowest BCUT2D eigenvalue weighted by atomic mass is 9.94. The largest absolute Gasteiger partial charge is 0.342 e. The first-order valence-electron chi connectivity index (χ1n) is 9.32. The van der Waals surface area contributed by atoms with Crippen LogP contribution in [-0.4, -0.2) is 38.3 Å². The Morgan fingerprint density at radius 2 is 2.04 bits per heavy atom. The highest BCUT2D eigenvalue weighted by Crippen LogP contribution is 2.28. The van der Waals surface area contributed by atoms with E-state index in [1.165, 1.54) is 5.56 Å². The second-order valence-corrected chi connectivity index (χ2v) is 7.06. The molecule has 0 spiro atoms. The highest BCUT2D eigenvalue weighted by Gasteiger charge is 2.26. The molecule has 26 heavy (non-hydrogen) atoms. The van der Waals surface area contributed by atoms with Gasteiger partial charge in [0.25, 0.3) is 0 Å². The van der Waals surface area contributed by atoms with Gasteiger partial charge in [0, 0.05) is 37.3 Å². The van der Waals surface area contributed by atoms with Crippen LogP contribution in [0.5, 0.6) is 0 Å². The van der Waals surface area contributed by atoms with Crippen LogP contribution in [0.4, 0.5) is 0 Å². The number of imidazole rings is 1. The zero-order valence-electron chi connectivity index (χ0n) is 15.1. The van der Waals surface area contributed by atoms with E-state index < -0.39 is 0 Å². The molecule has 1 aliphatic rings. The van der Waals surface area contributed by atoms with Gasteiger partial charge in [-0.3, -0.25) is 14.2 Å². The fourth-order valence-electron chi connectivity index (χ4n) is 3.92. The molecular weight excluding hydrogens is 324 g/mol. The van der Waals surface area contributed by atoms with Crippen molar-refractivity contribution in [3.05, 3.63) is 66.0 Å². The zero-order chi connectivity index (χ0) is 17.9. The Hall–Kier alpha value is -2.69. The number of carbonyl (C=O) groups excluding carboxylic acids is 1. The normalized spacial score (nSPS) is 17.6. The molecule has 4 rings (SSSR count). The van der Waals surface area contributed by atoms with E-state index in [2.05, 4.69) is 26.5 Å². The van der Waals surface area contributed by atoms with Crippen molar-refractivity contribution in [2.24, 2.45) is 0 Å². The van der Waals surface area contributed by atoms with Crippen molar-refractivity contribution in [1.82, 2.24) is 19.3 Å². The average molecular weight is 348 g/mol. The van der Waals surface area contributed by atoms with Crippen molar-refractivity contribution in [1.29, 1.82) is 0 Å². The van der Waals surface area contributed by atoms with Gasteiger partial charge in [0.15, 0.2) is 0 Å². The molecule has 5 heteroatoms. The van der Waals surface area contributed by atoms with Gasteiger partial charge in [-0.05, 0) is 31.7 Å². The highest BCUT2D eigenvalue weighted by molar-refractivity contribution is 5.76. The van der Waals surface area contributed by atoms with Crippen LogP contribution < -0.4 is 0 Å². The Kier molecular flexibility index (Phi) is 4.69. The Balaban J connectivity index is 1.47. The van der Waals surface area contributed by atoms with Gasteiger partial charge in [-0.2, -0.15) is 0 Å². The summed E-state index contributed by atoms with van der Waals surface area (Å²) in [6.45, 7) is 3.64. The van der Waals surface area contributed by atoms with Crippen LogP contribution in [0.25, 0.3) is 5.52 Å². The molecule has 0 unspecified atom stereocenters. The summed E-state index contributed by atoms with van der Waals surface area (Å²) in [5.74, 6) is 1.54. The van der Waals surface area contributed by atoms with E-state index in [0.717, 1.165) is 49.4 Å². The van der Waals surface area contributed by atoms with Crippen molar-refractivity contribution in [2.75, 3.05) is 13.1 Å². The summed E-state index contributed by atoms with van der Waals surface area (Å²) in [7, 11) is 0. The molecule has 2 aromatic heterocycles. The fourth-order valence-corrected chi connectivity index (χ4v) is 3.92. The van der Waals surface area contributed by atoms with E-state index in [4.69, 9.17) is 0 Å². The number of hydrogen-bond acceptors (Lipinski definition) is 3. The van der Waals surface area contributed by atoms with Gasteiger partial charge in [-0.1, -0.05) is 30.3 Å². The number of nitrogens with zero attached hydrogens (tertiary/aromatic N) is 4. The number of hydrogen-bond donors (Lipinski definition) is 0. The summed E-state index contributed by atoms with van der Waals surface area (Å²) < 4.78 is 2.18. The van der Waals surface area contributed by atoms with Crippen LogP contribution in [0, 0.1) is 6.92 Å². The number of rotatable bonds is 4. The second-order valence-electron chi connectivity index (χ2n) is 7.06.